The van der Waals surface area contributed by atoms with Crippen LogP contribution in [-0.2, 0) is 9.09 Å². The predicted octanol–water partition coefficient (Wildman–Crippen LogP) is 2.36. The topological polar surface area (TPSA) is 66.8 Å². The Balaban J connectivity index is 4.55. The molecule has 0 spiro atoms. The quantitative estimate of drug-likeness (QED) is 0.411. The second-order valence-corrected chi connectivity index (χ2v) is 3.68. The molecule has 0 rings (SSSR count). The summed E-state index contributed by atoms with van der Waals surface area (Å²) in [5, 5.41) is 0. The number of phosphoric acid groups is 1. The maximum atomic E-state index is 10.5. The third kappa shape index (κ3) is 5.64. The van der Waals surface area contributed by atoms with E-state index in [1.807, 2.05) is 13.8 Å². The maximum Gasteiger partial charge on any atom is 0.524 e. The fraction of sp³-hybridized carbons (Fsp3) is 0.500. The number of allylic oxidation sites excluding steroid dienone is 2. The molecule has 13 heavy (non-hydrogen) atoms. The van der Waals surface area contributed by atoms with Crippen LogP contribution in [-0.4, -0.2) is 9.79 Å². The number of hydrogen-bond acceptors (Lipinski definition) is 2. The molecule has 0 aromatic carbocycles. The van der Waals surface area contributed by atoms with Crippen molar-refractivity contribution in [3.05, 3.63) is 24.0 Å². The molecule has 0 aromatic rings. The highest BCUT2D eigenvalue weighted by Gasteiger charge is 2.18. The zero-order chi connectivity index (χ0) is 10.5. The molecule has 0 aliphatic heterocycles. The van der Waals surface area contributed by atoms with E-state index >= 15 is 0 Å². The largest absolute Gasteiger partial charge is 0.524 e. The molecule has 0 unspecified atom stereocenters. The van der Waals surface area contributed by atoms with Crippen LogP contribution >= 0.6 is 7.82 Å². The van der Waals surface area contributed by atoms with E-state index in [9.17, 15) is 4.57 Å². The molecular formula is C8H15O4P. The van der Waals surface area contributed by atoms with Crippen LogP contribution in [0.1, 0.15) is 26.7 Å². The highest BCUT2D eigenvalue weighted by molar-refractivity contribution is 7.46. The fourth-order valence-electron chi connectivity index (χ4n) is 0.734. The average molecular weight is 206 g/mol. The van der Waals surface area contributed by atoms with E-state index in [0.29, 0.717) is 18.4 Å². The van der Waals surface area contributed by atoms with Crippen LogP contribution < -0.4 is 0 Å². The van der Waals surface area contributed by atoms with Crippen LogP contribution in [0.5, 0.6) is 0 Å². The summed E-state index contributed by atoms with van der Waals surface area (Å²) in [4.78, 5) is 17.1. The minimum atomic E-state index is -4.45. The molecule has 0 fully saturated rings. The van der Waals surface area contributed by atoms with Crippen molar-refractivity contribution in [3.63, 3.8) is 0 Å². The molecule has 0 radical (unpaired) electrons. The molecule has 0 bridgehead atoms. The van der Waals surface area contributed by atoms with E-state index in [1.165, 1.54) is 0 Å². The van der Waals surface area contributed by atoms with E-state index in [2.05, 4.69) is 11.1 Å². The summed E-state index contributed by atoms with van der Waals surface area (Å²) in [6, 6.07) is 0. The van der Waals surface area contributed by atoms with Gasteiger partial charge < -0.3 is 4.52 Å². The first-order chi connectivity index (χ1) is 5.90. The zero-order valence-electron chi connectivity index (χ0n) is 7.86. The summed E-state index contributed by atoms with van der Waals surface area (Å²) in [6.07, 6.45) is 2.85. The molecule has 0 saturated carbocycles. The molecule has 0 atom stereocenters. The SMILES string of the molecule is C=C(CC)C(=CCC)OP(=O)(O)O. The smallest absolute Gasteiger partial charge is 0.404 e. The van der Waals surface area contributed by atoms with Crippen LogP contribution in [0, 0.1) is 0 Å². The molecule has 0 aliphatic rings. The molecule has 0 heterocycles. The minimum absolute atomic E-state index is 0.193. The summed E-state index contributed by atoms with van der Waals surface area (Å²) in [5.74, 6) is 0.193. The summed E-state index contributed by atoms with van der Waals surface area (Å²) >= 11 is 0. The monoisotopic (exact) mass is 206 g/mol. The fourth-order valence-corrected chi connectivity index (χ4v) is 1.19. The van der Waals surface area contributed by atoms with Crippen molar-refractivity contribution < 1.29 is 18.9 Å². The Morgan fingerprint density at radius 1 is 1.54 bits per heavy atom. The first kappa shape index (κ1) is 12.4. The van der Waals surface area contributed by atoms with Gasteiger partial charge in [0.05, 0.1) is 0 Å². The number of rotatable bonds is 5. The second kappa shape index (κ2) is 5.22. The zero-order valence-corrected chi connectivity index (χ0v) is 8.75. The third-order valence-electron chi connectivity index (χ3n) is 1.38. The Bertz CT molecular complexity index is 251. The van der Waals surface area contributed by atoms with Crippen LogP contribution in [0.4, 0.5) is 0 Å². The maximum absolute atomic E-state index is 10.5. The van der Waals surface area contributed by atoms with Gasteiger partial charge in [-0.25, -0.2) is 4.57 Å². The van der Waals surface area contributed by atoms with Gasteiger partial charge in [0.1, 0.15) is 5.76 Å². The summed E-state index contributed by atoms with van der Waals surface area (Å²) in [7, 11) is -4.45. The minimum Gasteiger partial charge on any atom is -0.404 e. The molecule has 0 amide bonds. The Kier molecular flexibility index (Phi) is 4.99. The normalized spacial score (nSPS) is 12.8. The molecule has 4 nitrogen and oxygen atoms in total. The molecular weight excluding hydrogens is 191 g/mol. The predicted molar refractivity (Wildman–Crippen MR) is 50.9 cm³/mol. The third-order valence-corrected chi connectivity index (χ3v) is 1.82. The van der Waals surface area contributed by atoms with Crippen molar-refractivity contribution in [2.45, 2.75) is 26.7 Å². The van der Waals surface area contributed by atoms with Gasteiger partial charge in [-0.1, -0.05) is 20.4 Å². The summed E-state index contributed by atoms with van der Waals surface area (Å²) < 4.78 is 15.0. The van der Waals surface area contributed by atoms with Crippen molar-refractivity contribution in [3.8, 4) is 0 Å². The van der Waals surface area contributed by atoms with Gasteiger partial charge in [0, 0.05) is 0 Å². The van der Waals surface area contributed by atoms with Crippen LogP contribution in [0.15, 0.2) is 24.0 Å². The first-order valence-electron chi connectivity index (χ1n) is 4.04. The van der Waals surface area contributed by atoms with Crippen LogP contribution in [0.2, 0.25) is 0 Å². The van der Waals surface area contributed by atoms with Gasteiger partial charge in [-0.3, -0.25) is 9.79 Å². The molecule has 2 N–H and O–H groups in total. The van der Waals surface area contributed by atoms with Crippen molar-refractivity contribution >= 4 is 7.82 Å². The van der Waals surface area contributed by atoms with Crippen molar-refractivity contribution in [1.29, 1.82) is 0 Å². The van der Waals surface area contributed by atoms with Gasteiger partial charge in [-0.2, -0.15) is 0 Å². The lowest BCUT2D eigenvalue weighted by molar-refractivity contribution is 0.244. The van der Waals surface area contributed by atoms with E-state index in [1.54, 1.807) is 6.08 Å². The molecule has 0 saturated heterocycles. The molecule has 5 heteroatoms. The van der Waals surface area contributed by atoms with E-state index < -0.39 is 7.82 Å². The Labute approximate surface area is 78.2 Å². The van der Waals surface area contributed by atoms with Crippen molar-refractivity contribution in [1.82, 2.24) is 0 Å². The van der Waals surface area contributed by atoms with E-state index in [0.717, 1.165) is 0 Å². The standard InChI is InChI=1S/C8H15O4P/c1-4-6-8(7(3)5-2)12-13(9,10)11/h6H,3-5H2,1-2H3,(H2,9,10,11). The number of phosphoric ester groups is 1. The molecule has 76 valence electrons. The Hall–Kier alpha value is -0.570. The van der Waals surface area contributed by atoms with Gasteiger partial charge in [-0.15, -0.1) is 0 Å². The van der Waals surface area contributed by atoms with Gasteiger partial charge in [0.2, 0.25) is 0 Å². The average Bonchev–Trinajstić information content (AvgIpc) is 2.00. The van der Waals surface area contributed by atoms with E-state index in [4.69, 9.17) is 9.79 Å². The lowest BCUT2D eigenvalue weighted by Gasteiger charge is -2.11. The number of hydrogen-bond donors (Lipinski definition) is 2. The summed E-state index contributed by atoms with van der Waals surface area (Å²) in [5.41, 5.74) is 0.588. The van der Waals surface area contributed by atoms with E-state index in [-0.39, 0.29) is 5.76 Å². The molecule has 0 aliphatic carbocycles. The van der Waals surface area contributed by atoms with Crippen LogP contribution in [0.25, 0.3) is 0 Å². The molecule has 0 aromatic heterocycles. The Morgan fingerprint density at radius 2 is 2.08 bits per heavy atom. The van der Waals surface area contributed by atoms with Gasteiger partial charge >= 0.3 is 7.82 Å². The first-order valence-corrected chi connectivity index (χ1v) is 5.57. The lowest BCUT2D eigenvalue weighted by Crippen LogP contribution is -1.93. The van der Waals surface area contributed by atoms with Gasteiger partial charge in [0.15, 0.2) is 0 Å². The highest BCUT2D eigenvalue weighted by atomic mass is 31.2. The van der Waals surface area contributed by atoms with Crippen molar-refractivity contribution in [2.24, 2.45) is 0 Å². The van der Waals surface area contributed by atoms with Crippen LogP contribution in [0.3, 0.4) is 0 Å². The van der Waals surface area contributed by atoms with Gasteiger partial charge in [-0.05, 0) is 24.5 Å². The highest BCUT2D eigenvalue weighted by Crippen LogP contribution is 2.40. The van der Waals surface area contributed by atoms with Crippen molar-refractivity contribution in [2.75, 3.05) is 0 Å². The second-order valence-electron chi connectivity index (χ2n) is 2.52. The lowest BCUT2D eigenvalue weighted by atomic mass is 10.2. The summed E-state index contributed by atoms with van der Waals surface area (Å²) in [6.45, 7) is 7.33. The Morgan fingerprint density at radius 3 is 2.38 bits per heavy atom. The van der Waals surface area contributed by atoms with Gasteiger partial charge in [0.25, 0.3) is 0 Å².